The standard InChI is InChI=1S/C14H14ClN5O2S/c15-10-3-1-2-9(8-10)13-17-18-14(20(13)16)23-7-6-19-11(21)4-5-12(19)22/h1-3,8H,4-7,16H2. The number of hydrogen-bond acceptors (Lipinski definition) is 6. The van der Waals surface area contributed by atoms with Crippen molar-refractivity contribution in [2.75, 3.05) is 18.1 Å². The van der Waals surface area contributed by atoms with E-state index in [-0.39, 0.29) is 11.8 Å². The quantitative estimate of drug-likeness (QED) is 0.499. The number of imide groups is 1. The second-order valence-corrected chi connectivity index (χ2v) is 6.47. The zero-order valence-electron chi connectivity index (χ0n) is 12.1. The zero-order chi connectivity index (χ0) is 16.4. The number of aromatic nitrogens is 3. The molecule has 3 rings (SSSR count). The Labute approximate surface area is 141 Å². The van der Waals surface area contributed by atoms with E-state index in [1.165, 1.54) is 21.3 Å². The number of nitrogen functional groups attached to an aromatic ring is 1. The predicted octanol–water partition coefficient (Wildman–Crippen LogP) is 1.55. The third kappa shape index (κ3) is 3.32. The number of carbonyl (C=O) groups is 2. The highest BCUT2D eigenvalue weighted by atomic mass is 35.5. The number of halogens is 1. The van der Waals surface area contributed by atoms with Crippen molar-refractivity contribution in [2.45, 2.75) is 18.0 Å². The van der Waals surface area contributed by atoms with E-state index in [0.29, 0.717) is 41.1 Å². The molecule has 23 heavy (non-hydrogen) atoms. The molecule has 0 radical (unpaired) electrons. The molecule has 2 heterocycles. The Balaban J connectivity index is 1.66. The summed E-state index contributed by atoms with van der Waals surface area (Å²) >= 11 is 7.31. The predicted molar refractivity (Wildman–Crippen MR) is 87.3 cm³/mol. The monoisotopic (exact) mass is 351 g/mol. The minimum atomic E-state index is -0.121. The van der Waals surface area contributed by atoms with Crippen LogP contribution in [0.3, 0.4) is 0 Å². The molecular formula is C14H14ClN5O2S. The summed E-state index contributed by atoms with van der Waals surface area (Å²) in [5.41, 5.74) is 0.768. The third-order valence-corrected chi connectivity index (χ3v) is 4.61. The van der Waals surface area contributed by atoms with Gasteiger partial charge in [0.15, 0.2) is 5.82 Å². The second-order valence-electron chi connectivity index (χ2n) is 4.97. The average Bonchev–Trinajstić information content (AvgIpc) is 3.04. The summed E-state index contributed by atoms with van der Waals surface area (Å²) in [6.07, 6.45) is 0.602. The van der Waals surface area contributed by atoms with Crippen molar-refractivity contribution in [3.63, 3.8) is 0 Å². The molecule has 0 atom stereocenters. The first-order chi connectivity index (χ1) is 11.1. The van der Waals surface area contributed by atoms with E-state index in [1.54, 1.807) is 12.1 Å². The van der Waals surface area contributed by atoms with Crippen molar-refractivity contribution in [2.24, 2.45) is 0 Å². The maximum Gasteiger partial charge on any atom is 0.229 e. The van der Waals surface area contributed by atoms with E-state index in [2.05, 4.69) is 10.2 Å². The molecule has 0 bridgehead atoms. The van der Waals surface area contributed by atoms with Crippen LogP contribution in [0.4, 0.5) is 0 Å². The van der Waals surface area contributed by atoms with Gasteiger partial charge in [0, 0.05) is 35.7 Å². The molecular weight excluding hydrogens is 338 g/mol. The van der Waals surface area contributed by atoms with Crippen molar-refractivity contribution in [3.05, 3.63) is 29.3 Å². The first-order valence-corrected chi connectivity index (χ1v) is 8.35. The van der Waals surface area contributed by atoms with Gasteiger partial charge in [-0.25, -0.2) is 4.68 Å². The van der Waals surface area contributed by atoms with Gasteiger partial charge in [0.05, 0.1) is 0 Å². The third-order valence-electron chi connectivity index (χ3n) is 3.45. The summed E-state index contributed by atoms with van der Waals surface area (Å²) in [7, 11) is 0. The van der Waals surface area contributed by atoms with Crippen LogP contribution < -0.4 is 5.84 Å². The van der Waals surface area contributed by atoms with Crippen LogP contribution in [0.5, 0.6) is 0 Å². The molecule has 2 amide bonds. The Kier molecular flexibility index (Phi) is 4.53. The lowest BCUT2D eigenvalue weighted by molar-refractivity contribution is -0.137. The Morgan fingerprint density at radius 2 is 1.96 bits per heavy atom. The number of rotatable bonds is 5. The van der Waals surface area contributed by atoms with Gasteiger partial charge in [-0.1, -0.05) is 35.5 Å². The van der Waals surface area contributed by atoms with Gasteiger partial charge >= 0.3 is 0 Å². The second kappa shape index (κ2) is 6.59. The number of benzene rings is 1. The molecule has 2 aromatic rings. The summed E-state index contributed by atoms with van der Waals surface area (Å²) < 4.78 is 1.38. The molecule has 1 aromatic heterocycles. The lowest BCUT2D eigenvalue weighted by Gasteiger charge is -2.12. The summed E-state index contributed by atoms with van der Waals surface area (Å²) in [4.78, 5) is 24.4. The van der Waals surface area contributed by atoms with Gasteiger partial charge in [-0.3, -0.25) is 14.5 Å². The molecule has 120 valence electrons. The average molecular weight is 352 g/mol. The van der Waals surface area contributed by atoms with E-state index in [4.69, 9.17) is 17.4 Å². The Bertz CT molecular complexity index is 747. The van der Waals surface area contributed by atoms with Gasteiger partial charge < -0.3 is 5.84 Å². The van der Waals surface area contributed by atoms with Gasteiger partial charge in [0.1, 0.15) is 0 Å². The number of thioether (sulfide) groups is 1. The van der Waals surface area contributed by atoms with E-state index < -0.39 is 0 Å². The van der Waals surface area contributed by atoms with Gasteiger partial charge in [-0.05, 0) is 12.1 Å². The molecule has 1 saturated heterocycles. The summed E-state index contributed by atoms with van der Waals surface area (Å²) in [6.45, 7) is 0.349. The molecule has 1 fully saturated rings. The van der Waals surface area contributed by atoms with Crippen LogP contribution in [0, 0.1) is 0 Å². The Morgan fingerprint density at radius 1 is 1.22 bits per heavy atom. The molecule has 7 nitrogen and oxygen atoms in total. The molecule has 1 aliphatic rings. The van der Waals surface area contributed by atoms with E-state index >= 15 is 0 Å². The fourth-order valence-electron chi connectivity index (χ4n) is 2.30. The first-order valence-electron chi connectivity index (χ1n) is 6.98. The van der Waals surface area contributed by atoms with Crippen molar-refractivity contribution >= 4 is 35.2 Å². The Morgan fingerprint density at radius 3 is 2.65 bits per heavy atom. The molecule has 0 spiro atoms. The normalized spacial score (nSPS) is 14.7. The van der Waals surface area contributed by atoms with Crippen molar-refractivity contribution in [3.8, 4) is 11.4 Å². The lowest BCUT2D eigenvalue weighted by atomic mass is 10.2. The van der Waals surface area contributed by atoms with E-state index in [0.717, 1.165) is 5.56 Å². The molecule has 9 heteroatoms. The zero-order valence-corrected chi connectivity index (χ0v) is 13.7. The molecule has 0 unspecified atom stereocenters. The van der Waals surface area contributed by atoms with Gasteiger partial charge in [0.2, 0.25) is 17.0 Å². The minimum absolute atomic E-state index is 0.121. The van der Waals surface area contributed by atoms with Crippen LogP contribution in [-0.2, 0) is 9.59 Å². The fourth-order valence-corrected chi connectivity index (χ4v) is 3.27. The summed E-state index contributed by atoms with van der Waals surface area (Å²) in [5.74, 6) is 6.79. The van der Waals surface area contributed by atoms with Crippen LogP contribution in [0.2, 0.25) is 5.02 Å². The molecule has 1 aromatic carbocycles. The van der Waals surface area contributed by atoms with Gasteiger partial charge in [-0.15, -0.1) is 10.2 Å². The smallest absolute Gasteiger partial charge is 0.229 e. The number of hydrogen-bond donors (Lipinski definition) is 1. The highest BCUT2D eigenvalue weighted by molar-refractivity contribution is 7.99. The van der Waals surface area contributed by atoms with Crippen LogP contribution >= 0.6 is 23.4 Å². The van der Waals surface area contributed by atoms with Gasteiger partial charge in [-0.2, -0.15) is 0 Å². The number of carbonyl (C=O) groups excluding carboxylic acids is 2. The topological polar surface area (TPSA) is 94.1 Å². The minimum Gasteiger partial charge on any atom is -0.335 e. The molecule has 0 saturated carbocycles. The van der Waals surface area contributed by atoms with Crippen LogP contribution in [0.25, 0.3) is 11.4 Å². The summed E-state index contributed by atoms with van der Waals surface area (Å²) in [6, 6.07) is 7.17. The highest BCUT2D eigenvalue weighted by Gasteiger charge is 2.28. The van der Waals surface area contributed by atoms with Crippen LogP contribution in [-0.4, -0.2) is 43.9 Å². The maximum atomic E-state index is 11.5. The molecule has 2 N–H and O–H groups in total. The van der Waals surface area contributed by atoms with E-state index in [1.807, 2.05) is 12.1 Å². The van der Waals surface area contributed by atoms with Crippen LogP contribution in [0.15, 0.2) is 29.4 Å². The Hall–Kier alpha value is -2.06. The largest absolute Gasteiger partial charge is 0.335 e. The number of nitrogens with two attached hydrogens (primary N) is 1. The first kappa shape index (κ1) is 15.8. The fraction of sp³-hybridized carbons (Fsp3) is 0.286. The van der Waals surface area contributed by atoms with Crippen molar-refractivity contribution in [1.82, 2.24) is 19.8 Å². The summed E-state index contributed by atoms with van der Waals surface area (Å²) in [5, 5.41) is 9.21. The maximum absolute atomic E-state index is 11.5. The van der Waals surface area contributed by atoms with Crippen molar-refractivity contribution in [1.29, 1.82) is 0 Å². The highest BCUT2D eigenvalue weighted by Crippen LogP contribution is 2.24. The SMILES string of the molecule is Nn1c(SCCN2C(=O)CCC2=O)nnc1-c1cccc(Cl)c1. The number of nitrogens with zero attached hydrogens (tertiary/aromatic N) is 4. The number of amides is 2. The number of likely N-dealkylation sites (tertiary alicyclic amines) is 1. The molecule has 1 aliphatic heterocycles. The molecule has 0 aliphatic carbocycles. The van der Waals surface area contributed by atoms with Crippen LogP contribution in [0.1, 0.15) is 12.8 Å². The van der Waals surface area contributed by atoms with Crippen molar-refractivity contribution < 1.29 is 9.59 Å². The lowest BCUT2D eigenvalue weighted by Crippen LogP contribution is -2.31. The van der Waals surface area contributed by atoms with Gasteiger partial charge in [0.25, 0.3) is 0 Å². The van der Waals surface area contributed by atoms with E-state index in [9.17, 15) is 9.59 Å².